The lowest BCUT2D eigenvalue weighted by Crippen LogP contribution is -2.65. The van der Waals surface area contributed by atoms with Crippen LogP contribution < -0.4 is 5.56 Å². The molecule has 2 fully saturated rings. The lowest BCUT2D eigenvalue weighted by Gasteiger charge is -2.58. The molecule has 1 amide bonds. The van der Waals surface area contributed by atoms with E-state index in [-0.39, 0.29) is 18.2 Å². The number of hydrogen-bond donors (Lipinski definition) is 1. The molecular weight excluding hydrogens is 394 g/mol. The molecule has 1 aliphatic heterocycles. The molecule has 7 heteroatoms. The van der Waals surface area contributed by atoms with Crippen LogP contribution in [0, 0.1) is 5.41 Å². The highest BCUT2D eigenvalue weighted by Gasteiger charge is 2.58. The number of hydrogen-bond acceptors (Lipinski definition) is 5. The second-order valence-electron chi connectivity index (χ2n) is 9.92. The highest BCUT2D eigenvalue weighted by Crippen LogP contribution is 2.54. The SMILES string of the molecule is CC(C)(C)OC(=O)N1CCC(O)(Cn2cnc(-c3ccccc3)cc2=O)C2(CCC2)C1. The van der Waals surface area contributed by atoms with Gasteiger partial charge in [0.1, 0.15) is 5.60 Å². The summed E-state index contributed by atoms with van der Waals surface area (Å²) in [5, 5.41) is 11.7. The molecule has 1 aromatic carbocycles. The highest BCUT2D eigenvalue weighted by molar-refractivity contribution is 5.68. The van der Waals surface area contributed by atoms with Gasteiger partial charge in [-0.15, -0.1) is 0 Å². The molecule has 1 spiro atoms. The van der Waals surface area contributed by atoms with Gasteiger partial charge in [0.15, 0.2) is 0 Å². The van der Waals surface area contributed by atoms with Gasteiger partial charge in [-0.2, -0.15) is 0 Å². The smallest absolute Gasteiger partial charge is 0.410 e. The zero-order valence-corrected chi connectivity index (χ0v) is 18.5. The normalized spacial score (nSPS) is 22.8. The Hall–Kier alpha value is -2.67. The first-order valence-electron chi connectivity index (χ1n) is 10.9. The molecular formula is C24H31N3O4. The van der Waals surface area contributed by atoms with Crippen molar-refractivity contribution >= 4 is 6.09 Å². The van der Waals surface area contributed by atoms with E-state index in [9.17, 15) is 14.7 Å². The summed E-state index contributed by atoms with van der Waals surface area (Å²) >= 11 is 0. The molecule has 7 nitrogen and oxygen atoms in total. The number of aliphatic hydroxyl groups is 1. The molecule has 2 aliphatic rings. The van der Waals surface area contributed by atoms with Crippen molar-refractivity contribution < 1.29 is 14.6 Å². The lowest BCUT2D eigenvalue weighted by atomic mass is 9.55. The molecule has 166 valence electrons. The van der Waals surface area contributed by atoms with Crippen molar-refractivity contribution in [2.24, 2.45) is 5.41 Å². The van der Waals surface area contributed by atoms with Gasteiger partial charge < -0.3 is 14.7 Å². The minimum absolute atomic E-state index is 0.177. The van der Waals surface area contributed by atoms with Crippen molar-refractivity contribution in [1.82, 2.24) is 14.5 Å². The Balaban J connectivity index is 1.53. The Kier molecular flexibility index (Phi) is 5.41. The molecule has 0 radical (unpaired) electrons. The number of carbonyl (C=O) groups excluding carboxylic acids is 1. The van der Waals surface area contributed by atoms with Gasteiger partial charge in [0, 0.05) is 30.1 Å². The molecule has 2 heterocycles. The number of piperidine rings is 1. The molecule has 1 aromatic heterocycles. The number of rotatable bonds is 3. The zero-order valence-electron chi connectivity index (χ0n) is 18.5. The molecule has 0 bridgehead atoms. The largest absolute Gasteiger partial charge is 0.444 e. The van der Waals surface area contributed by atoms with E-state index in [0.717, 1.165) is 24.8 Å². The van der Waals surface area contributed by atoms with Crippen LogP contribution in [0.2, 0.25) is 0 Å². The highest BCUT2D eigenvalue weighted by atomic mass is 16.6. The Bertz CT molecular complexity index is 1010. The first-order chi connectivity index (χ1) is 14.6. The maximum Gasteiger partial charge on any atom is 0.410 e. The summed E-state index contributed by atoms with van der Waals surface area (Å²) in [6, 6.07) is 11.1. The number of nitrogens with zero attached hydrogens (tertiary/aromatic N) is 3. The second-order valence-corrected chi connectivity index (χ2v) is 9.92. The summed E-state index contributed by atoms with van der Waals surface area (Å²) in [5.41, 5.74) is -0.731. The number of carbonyl (C=O) groups is 1. The Morgan fingerprint density at radius 1 is 1.19 bits per heavy atom. The maximum absolute atomic E-state index is 12.8. The summed E-state index contributed by atoms with van der Waals surface area (Å²) in [5.74, 6) is 0. The number of aromatic nitrogens is 2. The standard InChI is InChI=1S/C24H31N3O4/c1-22(2,3)31-21(29)26-13-12-24(30,23(15-26)10-7-11-23)16-27-17-25-19(14-20(27)28)18-8-5-4-6-9-18/h4-6,8-9,14,17,30H,7,10-13,15-16H2,1-3H3. The Morgan fingerprint density at radius 3 is 2.48 bits per heavy atom. The van der Waals surface area contributed by atoms with Gasteiger partial charge in [-0.1, -0.05) is 36.8 Å². The minimum Gasteiger partial charge on any atom is -0.444 e. The van der Waals surface area contributed by atoms with Crippen molar-refractivity contribution in [2.75, 3.05) is 13.1 Å². The third-order valence-electron chi connectivity index (χ3n) is 6.62. The number of amides is 1. The number of benzene rings is 1. The van der Waals surface area contributed by atoms with Crippen molar-refractivity contribution in [3.05, 3.63) is 53.1 Å². The van der Waals surface area contributed by atoms with Crippen LogP contribution in [0.5, 0.6) is 0 Å². The van der Waals surface area contributed by atoms with Gasteiger partial charge in [-0.05, 0) is 40.0 Å². The molecule has 1 saturated carbocycles. The van der Waals surface area contributed by atoms with Gasteiger partial charge in [0.2, 0.25) is 0 Å². The summed E-state index contributed by atoms with van der Waals surface area (Å²) in [4.78, 5) is 31.6. The van der Waals surface area contributed by atoms with Crippen LogP contribution in [0.25, 0.3) is 11.3 Å². The van der Waals surface area contributed by atoms with Gasteiger partial charge in [-0.3, -0.25) is 9.36 Å². The van der Waals surface area contributed by atoms with Crippen molar-refractivity contribution in [3.63, 3.8) is 0 Å². The molecule has 1 atom stereocenters. The molecule has 1 unspecified atom stereocenters. The van der Waals surface area contributed by atoms with E-state index in [1.807, 2.05) is 51.1 Å². The van der Waals surface area contributed by atoms with Crippen LogP contribution in [0.1, 0.15) is 46.5 Å². The predicted molar refractivity (Wildman–Crippen MR) is 118 cm³/mol. The van der Waals surface area contributed by atoms with E-state index in [1.165, 1.54) is 17.0 Å². The first-order valence-corrected chi connectivity index (χ1v) is 10.9. The fourth-order valence-electron chi connectivity index (χ4n) is 4.73. The minimum atomic E-state index is -1.07. The van der Waals surface area contributed by atoms with Crippen molar-refractivity contribution in [3.8, 4) is 11.3 Å². The van der Waals surface area contributed by atoms with E-state index in [0.29, 0.717) is 25.2 Å². The van der Waals surface area contributed by atoms with E-state index < -0.39 is 16.6 Å². The molecule has 31 heavy (non-hydrogen) atoms. The molecule has 1 saturated heterocycles. The van der Waals surface area contributed by atoms with Crippen LogP contribution in [-0.4, -0.2) is 49.9 Å². The summed E-state index contributed by atoms with van der Waals surface area (Å²) in [6.45, 7) is 6.57. The monoisotopic (exact) mass is 425 g/mol. The van der Waals surface area contributed by atoms with Crippen LogP contribution in [0.4, 0.5) is 4.79 Å². The average molecular weight is 426 g/mol. The fourth-order valence-corrected chi connectivity index (χ4v) is 4.73. The van der Waals surface area contributed by atoms with Crippen LogP contribution in [0.15, 0.2) is 47.5 Å². The number of ether oxygens (including phenoxy) is 1. The van der Waals surface area contributed by atoms with E-state index in [1.54, 1.807) is 4.90 Å². The third kappa shape index (κ3) is 4.24. The van der Waals surface area contributed by atoms with Gasteiger partial charge in [0.25, 0.3) is 5.56 Å². The van der Waals surface area contributed by atoms with E-state index in [2.05, 4.69) is 4.98 Å². The van der Waals surface area contributed by atoms with Crippen LogP contribution >= 0.6 is 0 Å². The molecule has 2 aromatic rings. The predicted octanol–water partition coefficient (Wildman–Crippen LogP) is 3.45. The topological polar surface area (TPSA) is 84.7 Å². The third-order valence-corrected chi connectivity index (χ3v) is 6.62. The van der Waals surface area contributed by atoms with E-state index in [4.69, 9.17) is 4.74 Å². The van der Waals surface area contributed by atoms with Crippen molar-refractivity contribution in [1.29, 1.82) is 0 Å². The van der Waals surface area contributed by atoms with E-state index >= 15 is 0 Å². The average Bonchev–Trinajstić information content (AvgIpc) is 2.68. The zero-order chi connectivity index (χ0) is 22.3. The summed E-state index contributed by atoms with van der Waals surface area (Å²) in [7, 11) is 0. The molecule has 1 N–H and O–H groups in total. The van der Waals surface area contributed by atoms with Gasteiger partial charge in [0.05, 0.1) is 24.2 Å². The lowest BCUT2D eigenvalue weighted by molar-refractivity contribution is -0.177. The quantitative estimate of drug-likeness (QED) is 0.814. The molecule has 4 rings (SSSR count). The summed E-state index contributed by atoms with van der Waals surface area (Å²) < 4.78 is 7.04. The second kappa shape index (κ2) is 7.79. The van der Waals surface area contributed by atoms with Gasteiger partial charge in [-0.25, -0.2) is 9.78 Å². The van der Waals surface area contributed by atoms with Crippen molar-refractivity contribution in [2.45, 2.75) is 64.2 Å². The Morgan fingerprint density at radius 2 is 1.90 bits per heavy atom. The Labute approximate surface area is 182 Å². The molecule has 1 aliphatic carbocycles. The first kappa shape index (κ1) is 21.6. The maximum atomic E-state index is 12.8. The summed E-state index contributed by atoms with van der Waals surface area (Å²) in [6.07, 6.45) is 4.24. The van der Waals surface area contributed by atoms with Gasteiger partial charge >= 0.3 is 6.09 Å². The fraction of sp³-hybridized carbons (Fsp3) is 0.542. The van der Waals surface area contributed by atoms with Crippen LogP contribution in [-0.2, 0) is 11.3 Å². The van der Waals surface area contributed by atoms with Crippen LogP contribution in [0.3, 0.4) is 0 Å². The number of likely N-dealkylation sites (tertiary alicyclic amines) is 1.